The number of aromatic hydroxyl groups is 1. The fraction of sp³-hybridized carbons (Fsp3) is 0.222. The van der Waals surface area contributed by atoms with Crippen LogP contribution >= 0.6 is 0 Å². The van der Waals surface area contributed by atoms with E-state index in [0.717, 1.165) is 5.56 Å². The second-order valence-corrected chi connectivity index (χ2v) is 5.23. The van der Waals surface area contributed by atoms with Gasteiger partial charge in [0.25, 0.3) is 5.91 Å². The zero-order valence-corrected chi connectivity index (χ0v) is 13.0. The van der Waals surface area contributed by atoms with E-state index in [4.69, 9.17) is 9.84 Å². The van der Waals surface area contributed by atoms with E-state index in [9.17, 15) is 14.0 Å². The Labute approximate surface area is 139 Å². The van der Waals surface area contributed by atoms with E-state index in [1.165, 1.54) is 24.3 Å². The average molecular weight is 331 g/mol. The number of ether oxygens (including phenoxy) is 1. The smallest absolute Gasteiger partial charge is 0.310 e. The first kappa shape index (κ1) is 17.5. The van der Waals surface area contributed by atoms with Gasteiger partial charge < -0.3 is 15.2 Å². The molecule has 0 aliphatic carbocycles. The summed E-state index contributed by atoms with van der Waals surface area (Å²) >= 11 is 0. The van der Waals surface area contributed by atoms with Crippen LogP contribution in [0.1, 0.15) is 11.1 Å². The minimum Gasteiger partial charge on any atom is -0.508 e. The van der Waals surface area contributed by atoms with Gasteiger partial charge in [0.2, 0.25) is 0 Å². The maximum absolute atomic E-state index is 12.8. The molecule has 1 amide bonds. The van der Waals surface area contributed by atoms with Crippen LogP contribution in [0.2, 0.25) is 0 Å². The largest absolute Gasteiger partial charge is 0.508 e. The first-order valence-corrected chi connectivity index (χ1v) is 7.47. The van der Waals surface area contributed by atoms with Crippen molar-refractivity contribution in [2.45, 2.75) is 12.8 Å². The molecule has 6 heteroatoms. The standard InChI is InChI=1S/C18H18FNO4/c19-15-5-1-13(2-6-15)9-10-20-17(22)12-24-18(23)11-14-3-7-16(21)8-4-14/h1-8,21H,9-12H2,(H,20,22). The van der Waals surface area contributed by atoms with E-state index in [-0.39, 0.29) is 24.6 Å². The quantitative estimate of drug-likeness (QED) is 0.761. The number of phenolic OH excluding ortho intramolecular Hbond substituents is 1. The molecule has 2 N–H and O–H groups in total. The summed E-state index contributed by atoms with van der Waals surface area (Å²) in [4.78, 5) is 23.2. The lowest BCUT2D eigenvalue weighted by molar-refractivity contribution is -0.147. The number of carbonyl (C=O) groups is 2. The molecule has 0 bridgehead atoms. The molecule has 0 saturated carbocycles. The van der Waals surface area contributed by atoms with Crippen molar-refractivity contribution in [3.05, 3.63) is 65.5 Å². The van der Waals surface area contributed by atoms with E-state index < -0.39 is 11.9 Å². The number of esters is 1. The lowest BCUT2D eigenvalue weighted by atomic mass is 10.1. The molecular formula is C18H18FNO4. The maximum Gasteiger partial charge on any atom is 0.310 e. The lowest BCUT2D eigenvalue weighted by Gasteiger charge is -2.07. The molecule has 5 nitrogen and oxygen atoms in total. The van der Waals surface area contributed by atoms with Crippen molar-refractivity contribution >= 4 is 11.9 Å². The highest BCUT2D eigenvalue weighted by Crippen LogP contribution is 2.10. The number of halogens is 1. The average Bonchev–Trinajstić information content (AvgIpc) is 2.57. The van der Waals surface area contributed by atoms with Gasteiger partial charge in [-0.3, -0.25) is 9.59 Å². The molecule has 2 aromatic carbocycles. The number of rotatable bonds is 7. The van der Waals surface area contributed by atoms with Crippen molar-refractivity contribution in [2.75, 3.05) is 13.2 Å². The minimum atomic E-state index is -0.519. The predicted molar refractivity (Wildman–Crippen MR) is 85.9 cm³/mol. The van der Waals surface area contributed by atoms with Gasteiger partial charge in [-0.05, 0) is 41.8 Å². The third-order valence-corrected chi connectivity index (χ3v) is 3.30. The number of benzene rings is 2. The molecule has 0 spiro atoms. The topological polar surface area (TPSA) is 75.6 Å². The van der Waals surface area contributed by atoms with Crippen molar-refractivity contribution in [2.24, 2.45) is 0 Å². The molecule has 2 rings (SSSR count). The molecule has 0 aliphatic heterocycles. The summed E-state index contributed by atoms with van der Waals surface area (Å²) in [6.45, 7) is 0.0281. The summed E-state index contributed by atoms with van der Waals surface area (Å²) in [5, 5.41) is 11.8. The summed E-state index contributed by atoms with van der Waals surface area (Å²) in [5.41, 5.74) is 1.59. The van der Waals surface area contributed by atoms with E-state index in [2.05, 4.69) is 5.32 Å². The van der Waals surface area contributed by atoms with Crippen molar-refractivity contribution in [1.82, 2.24) is 5.32 Å². The molecule has 2 aromatic rings. The Kier molecular flexibility index (Phi) is 6.31. The number of carbonyl (C=O) groups excluding carboxylic acids is 2. The van der Waals surface area contributed by atoms with Gasteiger partial charge in [-0.25, -0.2) is 4.39 Å². The molecule has 0 radical (unpaired) electrons. The SMILES string of the molecule is O=C(COC(=O)Cc1ccc(O)cc1)NCCc1ccc(F)cc1. The van der Waals surface area contributed by atoms with Gasteiger partial charge >= 0.3 is 5.97 Å². The molecule has 0 heterocycles. The second-order valence-electron chi connectivity index (χ2n) is 5.23. The zero-order chi connectivity index (χ0) is 17.4. The van der Waals surface area contributed by atoms with Crippen LogP contribution in [-0.2, 0) is 27.2 Å². The third-order valence-electron chi connectivity index (χ3n) is 3.30. The molecule has 0 unspecified atom stereocenters. The molecule has 0 saturated heterocycles. The monoisotopic (exact) mass is 331 g/mol. The Hall–Kier alpha value is -2.89. The van der Waals surface area contributed by atoms with Crippen LogP contribution in [0.3, 0.4) is 0 Å². The lowest BCUT2D eigenvalue weighted by Crippen LogP contribution is -2.30. The normalized spacial score (nSPS) is 10.2. The molecule has 0 fully saturated rings. The van der Waals surface area contributed by atoms with Crippen LogP contribution in [0.15, 0.2) is 48.5 Å². The minimum absolute atomic E-state index is 0.0309. The molecule has 0 aliphatic rings. The van der Waals surface area contributed by atoms with Crippen LogP contribution in [-0.4, -0.2) is 30.1 Å². The van der Waals surface area contributed by atoms with Gasteiger partial charge in [-0.1, -0.05) is 24.3 Å². The summed E-state index contributed by atoms with van der Waals surface area (Å²) in [6.07, 6.45) is 0.594. The third kappa shape index (κ3) is 6.08. The van der Waals surface area contributed by atoms with Gasteiger partial charge in [-0.15, -0.1) is 0 Å². The Morgan fingerprint density at radius 2 is 1.62 bits per heavy atom. The molecule has 0 atom stereocenters. The van der Waals surface area contributed by atoms with Gasteiger partial charge in [0.1, 0.15) is 11.6 Å². The summed E-state index contributed by atoms with van der Waals surface area (Å²) in [6, 6.07) is 12.2. The fourth-order valence-electron chi connectivity index (χ4n) is 2.03. The van der Waals surface area contributed by atoms with E-state index in [0.29, 0.717) is 18.5 Å². The first-order chi connectivity index (χ1) is 11.5. The number of nitrogens with one attached hydrogen (secondary N) is 1. The van der Waals surface area contributed by atoms with Gasteiger partial charge in [0.15, 0.2) is 6.61 Å². The highest BCUT2D eigenvalue weighted by Gasteiger charge is 2.08. The van der Waals surface area contributed by atoms with Crippen molar-refractivity contribution in [3.8, 4) is 5.75 Å². The highest BCUT2D eigenvalue weighted by atomic mass is 19.1. The van der Waals surface area contributed by atoms with Gasteiger partial charge in [0, 0.05) is 6.54 Å². The number of hydrogen-bond acceptors (Lipinski definition) is 4. The number of hydrogen-bond donors (Lipinski definition) is 2. The summed E-state index contributed by atoms with van der Waals surface area (Å²) < 4.78 is 17.7. The second kappa shape index (κ2) is 8.67. The van der Waals surface area contributed by atoms with Crippen LogP contribution in [0.4, 0.5) is 4.39 Å². The number of phenols is 1. The van der Waals surface area contributed by atoms with Crippen molar-refractivity contribution in [1.29, 1.82) is 0 Å². The predicted octanol–water partition coefficient (Wildman–Crippen LogP) is 1.98. The Bertz CT molecular complexity index is 683. The van der Waals surface area contributed by atoms with Crippen LogP contribution in [0.25, 0.3) is 0 Å². The van der Waals surface area contributed by atoms with E-state index >= 15 is 0 Å². The Balaban J connectivity index is 1.64. The molecule has 126 valence electrons. The van der Waals surface area contributed by atoms with Gasteiger partial charge in [-0.2, -0.15) is 0 Å². The Morgan fingerprint density at radius 3 is 2.29 bits per heavy atom. The molecule has 0 aromatic heterocycles. The van der Waals surface area contributed by atoms with Crippen LogP contribution in [0.5, 0.6) is 5.75 Å². The maximum atomic E-state index is 12.8. The zero-order valence-electron chi connectivity index (χ0n) is 13.0. The van der Waals surface area contributed by atoms with Crippen molar-refractivity contribution in [3.63, 3.8) is 0 Å². The van der Waals surface area contributed by atoms with Crippen LogP contribution in [0, 0.1) is 5.82 Å². The van der Waals surface area contributed by atoms with Crippen molar-refractivity contribution < 1.29 is 23.8 Å². The van der Waals surface area contributed by atoms with E-state index in [1.54, 1.807) is 24.3 Å². The molecular weight excluding hydrogens is 313 g/mol. The first-order valence-electron chi connectivity index (χ1n) is 7.47. The van der Waals surface area contributed by atoms with Gasteiger partial charge in [0.05, 0.1) is 6.42 Å². The summed E-state index contributed by atoms with van der Waals surface area (Å²) in [7, 11) is 0. The van der Waals surface area contributed by atoms with E-state index in [1.807, 2.05) is 0 Å². The summed E-state index contributed by atoms with van der Waals surface area (Å²) in [5.74, 6) is -1.10. The van der Waals surface area contributed by atoms with Crippen LogP contribution < -0.4 is 5.32 Å². The number of amides is 1. The fourth-order valence-corrected chi connectivity index (χ4v) is 2.03. The highest BCUT2D eigenvalue weighted by molar-refractivity contribution is 5.81. The molecule has 24 heavy (non-hydrogen) atoms. The Morgan fingerprint density at radius 1 is 1.00 bits per heavy atom.